The molecule has 6 heteroatoms. The number of hydrogen-bond donors (Lipinski definition) is 2. The smallest absolute Gasteiger partial charge is 0.132 e. The molecule has 2 aromatic rings. The van der Waals surface area contributed by atoms with Crippen molar-refractivity contribution in [2.45, 2.75) is 26.1 Å². The van der Waals surface area contributed by atoms with Crippen LogP contribution in [0, 0.1) is 0 Å². The summed E-state index contributed by atoms with van der Waals surface area (Å²) in [6.45, 7) is 1.43. The monoisotopic (exact) mass is 262 g/mol. The number of benzene rings is 1. The van der Waals surface area contributed by atoms with Gasteiger partial charge in [0.2, 0.25) is 0 Å². The van der Waals surface area contributed by atoms with Crippen molar-refractivity contribution in [3.63, 3.8) is 0 Å². The number of aliphatic hydroxyl groups excluding tert-OH is 1. The van der Waals surface area contributed by atoms with Crippen LogP contribution >= 0.6 is 0 Å². The van der Waals surface area contributed by atoms with E-state index in [0.717, 1.165) is 17.1 Å². The van der Waals surface area contributed by atoms with Crippen molar-refractivity contribution >= 4 is 0 Å². The third-order valence-electron chi connectivity index (χ3n) is 2.76. The lowest BCUT2D eigenvalue weighted by Gasteiger charge is -2.09. The van der Waals surface area contributed by atoms with Crippen LogP contribution in [0.4, 0.5) is 0 Å². The summed E-state index contributed by atoms with van der Waals surface area (Å²) in [4.78, 5) is 0. The molecular weight excluding hydrogens is 244 g/mol. The van der Waals surface area contributed by atoms with Gasteiger partial charge in [0.1, 0.15) is 23.7 Å². The molecule has 1 aromatic heterocycles. The fourth-order valence-electron chi connectivity index (χ4n) is 1.75. The van der Waals surface area contributed by atoms with E-state index in [0.29, 0.717) is 26.1 Å². The van der Waals surface area contributed by atoms with Gasteiger partial charge in [-0.25, -0.2) is 4.68 Å². The Morgan fingerprint density at radius 1 is 1.26 bits per heavy atom. The molecule has 2 rings (SSSR count). The molecule has 0 saturated heterocycles. The number of aromatic nitrogens is 3. The maximum atomic E-state index is 8.87. The number of rotatable bonds is 7. The summed E-state index contributed by atoms with van der Waals surface area (Å²) in [5.74, 6) is 0.792. The van der Waals surface area contributed by atoms with Gasteiger partial charge in [0.05, 0.1) is 0 Å². The summed E-state index contributed by atoms with van der Waals surface area (Å²) in [5, 5.41) is 16.9. The highest BCUT2D eigenvalue weighted by atomic mass is 16.5. The Hall–Kier alpha value is -1.92. The number of nitrogens with two attached hydrogens (primary N) is 1. The first-order chi connectivity index (χ1) is 9.35. The van der Waals surface area contributed by atoms with Gasteiger partial charge in [-0.05, 0) is 18.6 Å². The Labute approximate surface area is 111 Å². The van der Waals surface area contributed by atoms with E-state index in [1.807, 2.05) is 30.3 Å². The molecule has 0 radical (unpaired) electrons. The number of para-hydroxylation sites is 1. The van der Waals surface area contributed by atoms with Gasteiger partial charge in [-0.3, -0.25) is 0 Å². The van der Waals surface area contributed by atoms with Crippen molar-refractivity contribution < 1.29 is 9.84 Å². The van der Waals surface area contributed by atoms with Crippen molar-refractivity contribution in [2.24, 2.45) is 5.73 Å². The summed E-state index contributed by atoms with van der Waals surface area (Å²) in [5.41, 5.74) is 7.23. The van der Waals surface area contributed by atoms with E-state index in [9.17, 15) is 0 Å². The highest BCUT2D eigenvalue weighted by molar-refractivity contribution is 5.21. The first kappa shape index (κ1) is 13.5. The fraction of sp³-hybridized carbons (Fsp3) is 0.385. The molecule has 0 amide bonds. The van der Waals surface area contributed by atoms with Crippen LogP contribution in [-0.2, 0) is 19.7 Å². The van der Waals surface area contributed by atoms with Gasteiger partial charge >= 0.3 is 0 Å². The SMILES string of the molecule is NCc1nnn(CCCO)c1COc1ccccc1. The van der Waals surface area contributed by atoms with Gasteiger partial charge in [-0.2, -0.15) is 0 Å². The van der Waals surface area contributed by atoms with Crippen molar-refractivity contribution in [3.05, 3.63) is 41.7 Å². The molecule has 1 aromatic carbocycles. The Morgan fingerprint density at radius 2 is 2.05 bits per heavy atom. The van der Waals surface area contributed by atoms with Gasteiger partial charge in [0, 0.05) is 19.7 Å². The van der Waals surface area contributed by atoms with E-state index in [1.54, 1.807) is 4.68 Å². The Bertz CT molecular complexity index is 499. The Morgan fingerprint density at radius 3 is 2.74 bits per heavy atom. The number of ether oxygens (including phenoxy) is 1. The van der Waals surface area contributed by atoms with Crippen LogP contribution in [0.25, 0.3) is 0 Å². The standard InChI is InChI=1S/C13H18N4O2/c14-9-12-13(17(16-15-12)7-4-8-18)10-19-11-5-2-1-3-6-11/h1-3,5-6,18H,4,7-10,14H2. The van der Waals surface area contributed by atoms with E-state index >= 15 is 0 Å². The molecule has 6 nitrogen and oxygen atoms in total. The zero-order chi connectivity index (χ0) is 13.5. The van der Waals surface area contributed by atoms with E-state index < -0.39 is 0 Å². The predicted octanol–water partition coefficient (Wildman–Crippen LogP) is 0.698. The van der Waals surface area contributed by atoms with Crippen molar-refractivity contribution in [2.75, 3.05) is 6.61 Å². The summed E-state index contributed by atoms with van der Waals surface area (Å²) in [6.07, 6.45) is 0.631. The van der Waals surface area contributed by atoms with Crippen LogP contribution in [0.5, 0.6) is 5.75 Å². The van der Waals surface area contributed by atoms with Crippen LogP contribution in [0.1, 0.15) is 17.8 Å². The second-order valence-electron chi connectivity index (χ2n) is 4.09. The third kappa shape index (κ3) is 3.52. The highest BCUT2D eigenvalue weighted by Gasteiger charge is 2.12. The topological polar surface area (TPSA) is 86.2 Å². The Kier molecular flexibility index (Phi) is 4.88. The Balaban J connectivity index is 2.07. The molecule has 0 aliphatic heterocycles. The maximum Gasteiger partial charge on any atom is 0.132 e. The van der Waals surface area contributed by atoms with Gasteiger partial charge in [-0.15, -0.1) is 5.10 Å². The van der Waals surface area contributed by atoms with Crippen LogP contribution in [0.2, 0.25) is 0 Å². The molecule has 0 spiro atoms. The minimum atomic E-state index is 0.122. The number of aliphatic hydroxyl groups is 1. The molecule has 0 aliphatic carbocycles. The van der Waals surface area contributed by atoms with Gasteiger partial charge in [0.25, 0.3) is 0 Å². The fourth-order valence-corrected chi connectivity index (χ4v) is 1.75. The predicted molar refractivity (Wildman–Crippen MR) is 70.4 cm³/mol. The maximum absolute atomic E-state index is 8.87. The molecule has 0 aliphatic rings. The molecule has 0 unspecified atom stereocenters. The van der Waals surface area contributed by atoms with Gasteiger partial charge in [-0.1, -0.05) is 23.4 Å². The average molecular weight is 262 g/mol. The normalized spacial score (nSPS) is 10.6. The van der Waals surface area contributed by atoms with Crippen molar-refractivity contribution in [1.82, 2.24) is 15.0 Å². The highest BCUT2D eigenvalue weighted by Crippen LogP contribution is 2.13. The lowest BCUT2D eigenvalue weighted by atomic mass is 10.3. The lowest BCUT2D eigenvalue weighted by Crippen LogP contribution is -2.11. The number of aryl methyl sites for hydroxylation is 1. The molecule has 0 saturated carbocycles. The van der Waals surface area contributed by atoms with Crippen LogP contribution in [0.3, 0.4) is 0 Å². The van der Waals surface area contributed by atoms with Gasteiger partial charge in [0.15, 0.2) is 0 Å². The minimum Gasteiger partial charge on any atom is -0.487 e. The van der Waals surface area contributed by atoms with E-state index in [-0.39, 0.29) is 6.61 Å². The third-order valence-corrected chi connectivity index (χ3v) is 2.76. The molecule has 0 fully saturated rings. The molecule has 3 N–H and O–H groups in total. The molecule has 0 atom stereocenters. The second kappa shape index (κ2) is 6.86. The van der Waals surface area contributed by atoms with Crippen LogP contribution < -0.4 is 10.5 Å². The van der Waals surface area contributed by atoms with Gasteiger partial charge < -0.3 is 15.6 Å². The van der Waals surface area contributed by atoms with Crippen molar-refractivity contribution in [3.8, 4) is 5.75 Å². The van der Waals surface area contributed by atoms with E-state index in [4.69, 9.17) is 15.6 Å². The quantitative estimate of drug-likeness (QED) is 0.767. The summed E-state index contributed by atoms with van der Waals surface area (Å²) >= 11 is 0. The number of hydrogen-bond acceptors (Lipinski definition) is 5. The minimum absolute atomic E-state index is 0.122. The second-order valence-corrected chi connectivity index (χ2v) is 4.09. The molecule has 0 bridgehead atoms. The molecule has 19 heavy (non-hydrogen) atoms. The lowest BCUT2D eigenvalue weighted by molar-refractivity contribution is 0.265. The molecular formula is C13H18N4O2. The molecule has 102 valence electrons. The summed E-state index contributed by atoms with van der Waals surface area (Å²) < 4.78 is 7.43. The van der Waals surface area contributed by atoms with E-state index in [2.05, 4.69) is 10.3 Å². The van der Waals surface area contributed by atoms with E-state index in [1.165, 1.54) is 0 Å². The van der Waals surface area contributed by atoms with Crippen LogP contribution in [0.15, 0.2) is 30.3 Å². The zero-order valence-corrected chi connectivity index (χ0v) is 10.7. The largest absolute Gasteiger partial charge is 0.487 e. The van der Waals surface area contributed by atoms with Crippen LogP contribution in [-0.4, -0.2) is 26.7 Å². The van der Waals surface area contributed by atoms with Crippen molar-refractivity contribution in [1.29, 1.82) is 0 Å². The first-order valence-electron chi connectivity index (χ1n) is 6.25. The first-order valence-corrected chi connectivity index (χ1v) is 6.25. The zero-order valence-electron chi connectivity index (χ0n) is 10.7. The molecule has 1 heterocycles. The average Bonchev–Trinajstić information content (AvgIpc) is 2.86. The summed E-state index contributed by atoms with van der Waals surface area (Å²) in [7, 11) is 0. The number of nitrogens with zero attached hydrogens (tertiary/aromatic N) is 3. The summed E-state index contributed by atoms with van der Waals surface area (Å²) in [6, 6.07) is 9.56.